The molecule has 0 spiro atoms. The number of nitrogens with one attached hydrogen (secondary N) is 1. The highest BCUT2D eigenvalue weighted by molar-refractivity contribution is 5.56. The van der Waals surface area contributed by atoms with Gasteiger partial charge in [-0.25, -0.2) is 9.97 Å². The average molecular weight is 326 g/mol. The second-order valence-corrected chi connectivity index (χ2v) is 4.87. The Bertz CT molecular complexity index is 631. The molecule has 2 aromatic heterocycles. The van der Waals surface area contributed by atoms with Crippen LogP contribution in [0.3, 0.4) is 0 Å². The van der Waals surface area contributed by atoms with Gasteiger partial charge in [-0.2, -0.15) is 13.2 Å². The zero-order valence-electron chi connectivity index (χ0n) is 12.8. The third kappa shape index (κ3) is 4.82. The minimum atomic E-state index is -4.40. The van der Waals surface area contributed by atoms with E-state index < -0.39 is 11.7 Å². The summed E-state index contributed by atoms with van der Waals surface area (Å²) in [6.07, 6.45) is -1.66. The first kappa shape index (κ1) is 17.0. The second kappa shape index (κ2) is 7.28. The van der Waals surface area contributed by atoms with Gasteiger partial charge in [0.25, 0.3) is 0 Å². The Kier molecular flexibility index (Phi) is 5.38. The number of halogens is 3. The van der Waals surface area contributed by atoms with Gasteiger partial charge in [0.05, 0.1) is 24.1 Å². The number of rotatable bonds is 6. The number of likely N-dealkylation sites (N-methyl/N-ethyl adjacent to an activating group) is 1. The van der Waals surface area contributed by atoms with E-state index in [4.69, 9.17) is 4.74 Å². The smallest absolute Gasteiger partial charge is 0.383 e. The maximum Gasteiger partial charge on any atom is 0.416 e. The predicted octanol–water partition coefficient (Wildman–Crippen LogP) is 3.32. The van der Waals surface area contributed by atoms with Crippen LogP contribution in [0.25, 0.3) is 0 Å². The van der Waals surface area contributed by atoms with Crippen molar-refractivity contribution in [3.05, 3.63) is 42.2 Å². The molecule has 0 amide bonds. The van der Waals surface area contributed by atoms with Crippen LogP contribution >= 0.6 is 0 Å². The molecule has 2 heterocycles. The third-order valence-electron chi connectivity index (χ3n) is 3.16. The highest BCUT2D eigenvalue weighted by atomic mass is 19.4. The number of hydrogen-bond acceptors (Lipinski definition) is 5. The van der Waals surface area contributed by atoms with E-state index >= 15 is 0 Å². The van der Waals surface area contributed by atoms with Crippen molar-refractivity contribution in [1.29, 1.82) is 0 Å². The summed E-state index contributed by atoms with van der Waals surface area (Å²) in [5.74, 6) is 0.508. The number of aromatic nitrogens is 2. The topological polar surface area (TPSA) is 50.3 Å². The van der Waals surface area contributed by atoms with Gasteiger partial charge in [0.15, 0.2) is 0 Å². The summed E-state index contributed by atoms with van der Waals surface area (Å²) >= 11 is 0. The Hall–Kier alpha value is -2.35. The maximum absolute atomic E-state index is 12.7. The van der Waals surface area contributed by atoms with Crippen LogP contribution in [-0.4, -0.2) is 37.3 Å². The highest BCUT2D eigenvalue weighted by Gasteiger charge is 2.30. The molecule has 5 nitrogen and oxygen atoms in total. The van der Waals surface area contributed by atoms with Crippen molar-refractivity contribution in [2.24, 2.45) is 0 Å². The molecule has 0 saturated heterocycles. The van der Waals surface area contributed by atoms with Gasteiger partial charge < -0.3 is 15.0 Å². The molecule has 23 heavy (non-hydrogen) atoms. The van der Waals surface area contributed by atoms with E-state index in [1.165, 1.54) is 0 Å². The van der Waals surface area contributed by atoms with Gasteiger partial charge in [-0.15, -0.1) is 0 Å². The molecule has 0 radical (unpaired) electrons. The fraction of sp³-hybridized carbons (Fsp3) is 0.333. The van der Waals surface area contributed by atoms with Gasteiger partial charge in [-0.3, -0.25) is 0 Å². The molecule has 0 fully saturated rings. The zero-order valence-corrected chi connectivity index (χ0v) is 12.8. The first-order valence-electron chi connectivity index (χ1n) is 6.86. The standard InChI is InChI=1S/C15H17F3N4O/c1-22(7-8-23-2)12-3-4-13(20-10-12)21-14-9-11(5-6-19-14)15(16,17)18/h3-6,9-10H,7-8H2,1-2H3,(H,19,20,21). The van der Waals surface area contributed by atoms with Crippen LogP contribution in [0.2, 0.25) is 0 Å². The quantitative estimate of drug-likeness (QED) is 0.882. The minimum absolute atomic E-state index is 0.0906. The van der Waals surface area contributed by atoms with Gasteiger partial charge in [-0.05, 0) is 24.3 Å². The van der Waals surface area contributed by atoms with Gasteiger partial charge in [0, 0.05) is 26.9 Å². The molecule has 2 rings (SSSR count). The number of ether oxygens (including phenoxy) is 1. The summed E-state index contributed by atoms with van der Waals surface area (Å²) in [5, 5.41) is 2.76. The number of pyridine rings is 2. The Morgan fingerprint density at radius 3 is 2.57 bits per heavy atom. The van der Waals surface area contributed by atoms with Crippen LogP contribution in [0.1, 0.15) is 5.56 Å². The summed E-state index contributed by atoms with van der Waals surface area (Å²) in [4.78, 5) is 10.0. The Morgan fingerprint density at radius 2 is 1.96 bits per heavy atom. The molecule has 0 aromatic carbocycles. The summed E-state index contributed by atoms with van der Waals surface area (Å²) in [6, 6.07) is 5.37. The van der Waals surface area contributed by atoms with E-state index in [-0.39, 0.29) is 5.82 Å². The molecular formula is C15H17F3N4O. The Morgan fingerprint density at radius 1 is 1.17 bits per heavy atom. The van der Waals surface area contributed by atoms with E-state index in [1.807, 2.05) is 18.0 Å². The molecule has 0 saturated carbocycles. The van der Waals surface area contributed by atoms with Crippen molar-refractivity contribution >= 4 is 17.3 Å². The van der Waals surface area contributed by atoms with Crippen LogP contribution in [0.5, 0.6) is 0 Å². The minimum Gasteiger partial charge on any atom is -0.383 e. The van der Waals surface area contributed by atoms with Crippen molar-refractivity contribution in [1.82, 2.24) is 9.97 Å². The molecule has 0 unspecified atom stereocenters. The molecule has 8 heteroatoms. The Balaban J connectivity index is 2.06. The first-order chi connectivity index (χ1) is 10.9. The lowest BCUT2D eigenvalue weighted by atomic mass is 10.2. The van der Waals surface area contributed by atoms with Gasteiger partial charge in [-0.1, -0.05) is 0 Å². The summed E-state index contributed by atoms with van der Waals surface area (Å²) < 4.78 is 43.0. The lowest BCUT2D eigenvalue weighted by molar-refractivity contribution is -0.137. The lowest BCUT2D eigenvalue weighted by Crippen LogP contribution is -2.22. The predicted molar refractivity (Wildman–Crippen MR) is 81.9 cm³/mol. The molecule has 0 aliphatic carbocycles. The van der Waals surface area contributed by atoms with Crippen molar-refractivity contribution in [3.8, 4) is 0 Å². The number of nitrogens with zero attached hydrogens (tertiary/aromatic N) is 3. The fourth-order valence-electron chi connectivity index (χ4n) is 1.85. The molecule has 1 N–H and O–H groups in total. The van der Waals surface area contributed by atoms with Gasteiger partial charge in [0.2, 0.25) is 0 Å². The summed E-state index contributed by atoms with van der Waals surface area (Å²) in [6.45, 7) is 1.30. The molecule has 0 atom stereocenters. The van der Waals surface area contributed by atoms with E-state index in [0.29, 0.717) is 19.0 Å². The lowest BCUT2D eigenvalue weighted by Gasteiger charge is -2.18. The largest absolute Gasteiger partial charge is 0.416 e. The van der Waals surface area contributed by atoms with Crippen molar-refractivity contribution in [2.45, 2.75) is 6.18 Å². The van der Waals surface area contributed by atoms with Gasteiger partial charge in [0.1, 0.15) is 11.6 Å². The fourth-order valence-corrected chi connectivity index (χ4v) is 1.85. The second-order valence-electron chi connectivity index (χ2n) is 4.87. The molecule has 2 aromatic rings. The van der Waals surface area contributed by atoms with Gasteiger partial charge >= 0.3 is 6.18 Å². The summed E-state index contributed by atoms with van der Waals surface area (Å²) in [7, 11) is 3.53. The maximum atomic E-state index is 12.7. The van der Waals surface area contributed by atoms with Crippen LogP contribution in [-0.2, 0) is 10.9 Å². The van der Waals surface area contributed by atoms with Crippen LogP contribution in [0.15, 0.2) is 36.7 Å². The number of alkyl halides is 3. The van der Waals surface area contributed by atoms with Crippen LogP contribution in [0, 0.1) is 0 Å². The van der Waals surface area contributed by atoms with Crippen LogP contribution in [0.4, 0.5) is 30.5 Å². The zero-order chi connectivity index (χ0) is 16.9. The third-order valence-corrected chi connectivity index (χ3v) is 3.16. The van der Waals surface area contributed by atoms with Crippen molar-refractivity contribution in [2.75, 3.05) is 37.5 Å². The number of methoxy groups -OCH3 is 1. The highest BCUT2D eigenvalue weighted by Crippen LogP contribution is 2.30. The monoisotopic (exact) mass is 326 g/mol. The molecule has 0 bridgehead atoms. The Labute approximate surface area is 132 Å². The number of anilines is 3. The van der Waals surface area contributed by atoms with Crippen LogP contribution < -0.4 is 10.2 Å². The van der Waals surface area contributed by atoms with Crippen molar-refractivity contribution in [3.63, 3.8) is 0 Å². The van der Waals surface area contributed by atoms with Crippen molar-refractivity contribution < 1.29 is 17.9 Å². The average Bonchev–Trinajstić information content (AvgIpc) is 2.53. The molecular weight excluding hydrogens is 309 g/mol. The van der Waals surface area contributed by atoms with E-state index in [2.05, 4.69) is 15.3 Å². The SMILES string of the molecule is COCCN(C)c1ccc(Nc2cc(C(F)(F)F)ccn2)nc1. The first-order valence-corrected chi connectivity index (χ1v) is 6.86. The van der Waals surface area contributed by atoms with E-state index in [0.717, 1.165) is 24.0 Å². The molecule has 0 aliphatic rings. The normalized spacial score (nSPS) is 11.3. The number of hydrogen-bond donors (Lipinski definition) is 1. The van der Waals surface area contributed by atoms with E-state index in [1.54, 1.807) is 19.4 Å². The molecule has 0 aliphatic heterocycles. The molecule has 124 valence electrons. The summed E-state index contributed by atoms with van der Waals surface area (Å²) in [5.41, 5.74) is 0.121. The van der Waals surface area contributed by atoms with E-state index in [9.17, 15) is 13.2 Å².